The van der Waals surface area contributed by atoms with Gasteiger partial charge in [-0.05, 0) is 96.9 Å². The van der Waals surface area contributed by atoms with Crippen LogP contribution in [0.5, 0.6) is 0 Å². The second kappa shape index (κ2) is 16.1. The van der Waals surface area contributed by atoms with E-state index in [2.05, 4.69) is 51.3 Å². The number of rotatable bonds is 11. The zero-order valence-electron chi connectivity index (χ0n) is 36.8. The molecule has 0 unspecified atom stereocenters. The van der Waals surface area contributed by atoms with Gasteiger partial charge in [0, 0.05) is 51.2 Å². The number of hydrogen-bond acceptors (Lipinski definition) is 11. The molecule has 14 heteroatoms. The Morgan fingerprint density at radius 3 is 1.43 bits per heavy atom. The van der Waals surface area contributed by atoms with Gasteiger partial charge in [-0.2, -0.15) is 13.2 Å². The molecule has 3 fully saturated rings. The Morgan fingerprint density at radius 1 is 0.485 bits per heavy atom. The normalized spacial score (nSPS) is 16.9. The van der Waals surface area contributed by atoms with Gasteiger partial charge in [0.05, 0.1) is 90.2 Å². The average molecular weight is 909 g/mol. The molecule has 0 atom stereocenters. The molecule has 4 aromatic carbocycles. The molecule has 0 amide bonds. The van der Waals surface area contributed by atoms with Crippen LogP contribution in [0, 0.1) is 6.92 Å². The summed E-state index contributed by atoms with van der Waals surface area (Å²) in [7, 11) is 0. The summed E-state index contributed by atoms with van der Waals surface area (Å²) in [6.45, 7) is 3.98. The molecule has 0 aliphatic carbocycles. The van der Waals surface area contributed by atoms with E-state index in [4.69, 9.17) is 34.1 Å². The number of benzene rings is 4. The lowest BCUT2D eigenvalue weighted by molar-refractivity contribution is -0.138. The van der Waals surface area contributed by atoms with Gasteiger partial charge >= 0.3 is 6.18 Å². The van der Waals surface area contributed by atoms with Crippen molar-refractivity contribution in [1.29, 1.82) is 0 Å². The highest BCUT2D eigenvalue weighted by molar-refractivity contribution is 5.88. The molecule has 0 saturated carbocycles. The summed E-state index contributed by atoms with van der Waals surface area (Å²) in [5.41, 5.74) is 8.12. The number of fused-ring (bicyclic) bond motifs is 3. The molecule has 5 aromatic heterocycles. The molecule has 0 spiro atoms. The van der Waals surface area contributed by atoms with Gasteiger partial charge in [-0.1, -0.05) is 60.7 Å². The third-order valence-electron chi connectivity index (χ3n) is 13.5. The van der Waals surface area contributed by atoms with E-state index in [9.17, 15) is 13.2 Å². The molecule has 68 heavy (non-hydrogen) atoms. The van der Waals surface area contributed by atoms with E-state index in [1.807, 2.05) is 97.2 Å². The Labute approximate surface area is 388 Å². The van der Waals surface area contributed by atoms with Gasteiger partial charge in [0.1, 0.15) is 16.6 Å². The summed E-state index contributed by atoms with van der Waals surface area (Å²) in [6, 6.07) is 44.5. The zero-order chi connectivity index (χ0) is 46.1. The van der Waals surface area contributed by atoms with Crippen molar-refractivity contribution in [3.8, 4) is 22.8 Å². The average Bonchev–Trinajstić information content (AvgIpc) is 3.32. The highest BCUT2D eigenvalue weighted by Gasteiger charge is 2.45. The Bertz CT molecular complexity index is 3410. The predicted octanol–water partition coefficient (Wildman–Crippen LogP) is 10.8. The molecular weight excluding hydrogens is 866 g/mol. The Balaban J connectivity index is 0.791. The third kappa shape index (κ3) is 7.41. The Kier molecular flexibility index (Phi) is 9.90. The Morgan fingerprint density at radius 2 is 0.956 bits per heavy atom. The number of aromatic nitrogens is 5. The van der Waals surface area contributed by atoms with Crippen LogP contribution >= 0.6 is 0 Å². The largest absolute Gasteiger partial charge is 0.416 e. The highest BCUT2D eigenvalue weighted by atomic mass is 19.4. The molecule has 3 aliphatic heterocycles. The van der Waals surface area contributed by atoms with Crippen LogP contribution in [0.25, 0.3) is 55.5 Å². The first-order valence-electron chi connectivity index (χ1n) is 22.4. The van der Waals surface area contributed by atoms with Crippen LogP contribution in [0.4, 0.5) is 30.2 Å². The fraction of sp³-hybridized carbons (Fsp3) is 0.204. The minimum atomic E-state index is -4.45. The van der Waals surface area contributed by atoms with E-state index in [0.29, 0.717) is 43.4 Å². The topological polar surface area (TPSA) is 128 Å². The fourth-order valence-electron chi connectivity index (χ4n) is 9.60. The number of nitrogens with zero attached hydrogens (tertiary/aromatic N) is 5. The van der Waals surface area contributed by atoms with Gasteiger partial charge in [-0.3, -0.25) is 4.98 Å². The van der Waals surface area contributed by atoms with Crippen molar-refractivity contribution in [1.82, 2.24) is 24.9 Å². The maximum atomic E-state index is 13.9. The first-order valence-corrected chi connectivity index (χ1v) is 22.4. The molecule has 3 N–H and O–H groups in total. The molecule has 3 saturated heterocycles. The maximum absolute atomic E-state index is 13.9. The highest BCUT2D eigenvalue weighted by Crippen LogP contribution is 2.42. The fourth-order valence-corrected chi connectivity index (χ4v) is 9.60. The van der Waals surface area contributed by atoms with Crippen LogP contribution in [-0.4, -0.2) is 64.6 Å². The molecule has 12 rings (SSSR count). The standard InChI is InChI=1S/C54H43F3N8O3/c1-33-41(6-2-7-42(33)54(55,56)57)52(29-67-30-52)64-39-17-11-35-14-20-45(60-48(35)24-39)46-21-15-36-12-18-40(25-49(36)61-46)65-53(31-68-32-53)50-9-3-8-43(62-50)44-19-13-34-10-16-38(23-47(34)59-44)63-51(27-66-28-51)37-5-4-22-58-26-37/h2-26,63-65H,27-32H2,1H3. The molecule has 11 nitrogen and oxygen atoms in total. The van der Waals surface area contributed by atoms with Crippen molar-refractivity contribution in [2.24, 2.45) is 0 Å². The lowest BCUT2D eigenvalue weighted by Crippen LogP contribution is -2.53. The molecule has 0 radical (unpaired) electrons. The van der Waals surface area contributed by atoms with Crippen LogP contribution in [0.3, 0.4) is 0 Å². The van der Waals surface area contributed by atoms with E-state index >= 15 is 0 Å². The van der Waals surface area contributed by atoms with E-state index in [1.165, 1.54) is 13.0 Å². The van der Waals surface area contributed by atoms with Gasteiger partial charge in [-0.25, -0.2) is 19.9 Å². The number of nitrogens with one attached hydrogen (secondary N) is 3. The lowest BCUT2D eigenvalue weighted by Gasteiger charge is -2.44. The number of pyridine rings is 5. The van der Waals surface area contributed by atoms with Crippen LogP contribution in [-0.2, 0) is 37.0 Å². The summed E-state index contributed by atoms with van der Waals surface area (Å²) in [5, 5.41) is 13.9. The minimum absolute atomic E-state index is 0.189. The monoisotopic (exact) mass is 908 g/mol. The molecule has 3 aliphatic rings. The lowest BCUT2D eigenvalue weighted by atomic mass is 9.83. The van der Waals surface area contributed by atoms with E-state index < -0.39 is 22.8 Å². The quantitative estimate of drug-likeness (QED) is 0.115. The second-order valence-corrected chi connectivity index (χ2v) is 18.0. The van der Waals surface area contributed by atoms with E-state index in [1.54, 1.807) is 12.3 Å². The second-order valence-electron chi connectivity index (χ2n) is 18.0. The third-order valence-corrected chi connectivity index (χ3v) is 13.5. The van der Waals surface area contributed by atoms with E-state index in [-0.39, 0.29) is 24.3 Å². The van der Waals surface area contributed by atoms with Crippen LogP contribution in [0.15, 0.2) is 152 Å². The number of ether oxygens (including phenoxy) is 3. The van der Waals surface area contributed by atoms with Gasteiger partial charge in [0.15, 0.2) is 0 Å². The van der Waals surface area contributed by atoms with Crippen molar-refractivity contribution < 1.29 is 27.4 Å². The number of hydrogen-bond donors (Lipinski definition) is 3. The number of alkyl halides is 3. The smallest absolute Gasteiger partial charge is 0.376 e. The van der Waals surface area contributed by atoms with Crippen molar-refractivity contribution in [3.63, 3.8) is 0 Å². The van der Waals surface area contributed by atoms with Gasteiger partial charge in [0.25, 0.3) is 0 Å². The van der Waals surface area contributed by atoms with E-state index in [0.717, 1.165) is 78.5 Å². The van der Waals surface area contributed by atoms with Crippen LogP contribution in [0.2, 0.25) is 0 Å². The number of anilines is 3. The van der Waals surface area contributed by atoms with Gasteiger partial charge in [0.2, 0.25) is 0 Å². The molecule has 9 aromatic rings. The summed E-state index contributed by atoms with van der Waals surface area (Å²) in [6.07, 6.45) is -0.794. The molecule has 338 valence electrons. The van der Waals surface area contributed by atoms with Gasteiger partial charge < -0.3 is 30.2 Å². The van der Waals surface area contributed by atoms with Crippen molar-refractivity contribution >= 4 is 49.8 Å². The van der Waals surface area contributed by atoms with Crippen LogP contribution < -0.4 is 16.0 Å². The van der Waals surface area contributed by atoms with Gasteiger partial charge in [-0.15, -0.1) is 0 Å². The SMILES string of the molecule is Cc1c(C(F)(F)F)cccc1C1(Nc2ccc3ccc(-c4ccc5ccc(NC6(c7cccc(-c8ccc9ccc(NC%10(c%11cccnc%11)COC%10)cc9n8)n7)COC6)cc5n4)nc3c2)COC1. The van der Waals surface area contributed by atoms with Crippen molar-refractivity contribution in [2.45, 2.75) is 29.7 Å². The predicted molar refractivity (Wildman–Crippen MR) is 256 cm³/mol. The maximum Gasteiger partial charge on any atom is 0.416 e. The summed E-state index contributed by atoms with van der Waals surface area (Å²) in [5.74, 6) is 0. The summed E-state index contributed by atoms with van der Waals surface area (Å²) < 4.78 is 58.7. The zero-order valence-corrected chi connectivity index (χ0v) is 36.8. The minimum Gasteiger partial charge on any atom is -0.376 e. The molecule has 0 bridgehead atoms. The first kappa shape index (κ1) is 41.9. The van der Waals surface area contributed by atoms with Crippen LogP contribution in [0.1, 0.15) is 27.9 Å². The summed E-state index contributed by atoms with van der Waals surface area (Å²) >= 11 is 0. The Hall–Kier alpha value is -7.52. The van der Waals surface area contributed by atoms with Crippen molar-refractivity contribution in [3.05, 3.63) is 180 Å². The molecular formula is C54H43F3N8O3. The first-order chi connectivity index (χ1) is 33.0. The summed E-state index contributed by atoms with van der Waals surface area (Å²) in [4.78, 5) is 24.7. The number of halogens is 3. The van der Waals surface area contributed by atoms with Crippen molar-refractivity contribution in [2.75, 3.05) is 55.6 Å². The molecule has 8 heterocycles.